The molecule has 5 nitrogen and oxygen atoms in total. The first kappa shape index (κ1) is 10.9. The van der Waals surface area contributed by atoms with Crippen LogP contribution in [0.2, 0.25) is 0 Å². The molecular weight excluding hydrogens is 174 g/mol. The Balaban J connectivity index is 2.50. The van der Waals surface area contributed by atoms with Crippen molar-refractivity contribution in [3.8, 4) is 0 Å². The van der Waals surface area contributed by atoms with Crippen LogP contribution in [0, 0.1) is 0 Å². The predicted molar refractivity (Wildman–Crippen MR) is 46.0 cm³/mol. The maximum absolute atomic E-state index is 9.46. The number of aliphatic hydroxyl groups is 3. The molecule has 78 valence electrons. The van der Waals surface area contributed by atoms with E-state index in [2.05, 4.69) is 5.32 Å². The molecule has 0 aromatic carbocycles. The summed E-state index contributed by atoms with van der Waals surface area (Å²) in [7, 11) is 0. The van der Waals surface area contributed by atoms with Crippen molar-refractivity contribution in [2.75, 3.05) is 6.61 Å². The molecule has 0 spiro atoms. The van der Waals surface area contributed by atoms with Crippen molar-refractivity contribution in [2.45, 2.75) is 44.4 Å². The van der Waals surface area contributed by atoms with Gasteiger partial charge in [0.15, 0.2) is 0 Å². The van der Waals surface area contributed by atoms with Crippen LogP contribution in [0.25, 0.3) is 0 Å². The lowest BCUT2D eigenvalue weighted by atomic mass is 10.1. The van der Waals surface area contributed by atoms with Gasteiger partial charge >= 0.3 is 0 Å². The van der Waals surface area contributed by atoms with E-state index in [0.717, 1.165) is 0 Å². The minimum absolute atomic E-state index is 0.157. The molecule has 0 bridgehead atoms. The van der Waals surface area contributed by atoms with Crippen molar-refractivity contribution in [2.24, 2.45) is 0 Å². The van der Waals surface area contributed by atoms with Crippen molar-refractivity contribution >= 4 is 0 Å². The maximum atomic E-state index is 9.46. The molecule has 1 saturated heterocycles. The fourth-order valence-electron chi connectivity index (χ4n) is 1.37. The third kappa shape index (κ3) is 2.38. The van der Waals surface area contributed by atoms with Gasteiger partial charge in [-0.05, 0) is 13.8 Å². The smallest absolute Gasteiger partial charge is 0.137 e. The minimum Gasteiger partial charge on any atom is -0.394 e. The minimum atomic E-state index is -1.01. The fraction of sp³-hybridized carbons (Fsp3) is 1.00. The molecule has 0 aromatic rings. The molecule has 4 atom stereocenters. The standard InChI is InChI=1S/C8H17NO4/c1-4(2)9-8-7(12)6(11)5(3-10)13-8/h4-12H,3H2,1-2H3/t5-,6-,7-,8-/m1/s1. The summed E-state index contributed by atoms with van der Waals surface area (Å²) in [4.78, 5) is 0. The molecule has 1 fully saturated rings. The summed E-state index contributed by atoms with van der Waals surface area (Å²) in [5.41, 5.74) is 0. The van der Waals surface area contributed by atoms with E-state index in [0.29, 0.717) is 0 Å². The largest absolute Gasteiger partial charge is 0.394 e. The van der Waals surface area contributed by atoms with Gasteiger partial charge < -0.3 is 20.1 Å². The van der Waals surface area contributed by atoms with Crippen LogP contribution >= 0.6 is 0 Å². The van der Waals surface area contributed by atoms with Gasteiger partial charge in [-0.2, -0.15) is 0 Å². The zero-order valence-corrected chi connectivity index (χ0v) is 7.84. The van der Waals surface area contributed by atoms with Gasteiger partial charge in [0.05, 0.1) is 6.61 Å². The molecule has 0 unspecified atom stereocenters. The van der Waals surface area contributed by atoms with Crippen molar-refractivity contribution < 1.29 is 20.1 Å². The Bertz CT molecular complexity index is 164. The Labute approximate surface area is 77.3 Å². The van der Waals surface area contributed by atoms with E-state index in [4.69, 9.17) is 9.84 Å². The number of nitrogens with one attached hydrogen (secondary N) is 1. The summed E-state index contributed by atoms with van der Waals surface area (Å²) in [5.74, 6) is 0. The molecule has 1 aliphatic heterocycles. The van der Waals surface area contributed by atoms with Crippen LogP contribution in [0.4, 0.5) is 0 Å². The number of hydrogen-bond donors (Lipinski definition) is 4. The number of hydrogen-bond acceptors (Lipinski definition) is 5. The van der Waals surface area contributed by atoms with E-state index in [9.17, 15) is 10.2 Å². The highest BCUT2D eigenvalue weighted by atomic mass is 16.6. The Morgan fingerprint density at radius 2 is 1.92 bits per heavy atom. The van der Waals surface area contributed by atoms with E-state index >= 15 is 0 Å². The summed E-state index contributed by atoms with van der Waals surface area (Å²) in [6.45, 7) is 3.54. The monoisotopic (exact) mass is 191 g/mol. The van der Waals surface area contributed by atoms with Crippen LogP contribution in [0.1, 0.15) is 13.8 Å². The molecule has 0 aliphatic carbocycles. The molecule has 1 heterocycles. The second-order valence-electron chi connectivity index (χ2n) is 3.58. The first-order valence-corrected chi connectivity index (χ1v) is 4.44. The Hall–Kier alpha value is -0.200. The summed E-state index contributed by atoms with van der Waals surface area (Å²) in [6, 6.07) is 0.157. The topological polar surface area (TPSA) is 82.0 Å². The van der Waals surface area contributed by atoms with Gasteiger partial charge in [-0.3, -0.25) is 5.32 Å². The molecule has 5 heteroatoms. The van der Waals surface area contributed by atoms with Gasteiger partial charge in [-0.15, -0.1) is 0 Å². The average molecular weight is 191 g/mol. The summed E-state index contributed by atoms with van der Waals surface area (Å²) < 4.78 is 5.18. The summed E-state index contributed by atoms with van der Waals surface area (Å²) in [6.07, 6.45) is -3.26. The lowest BCUT2D eigenvalue weighted by molar-refractivity contribution is -0.0359. The SMILES string of the molecule is CC(C)N[C@@H]1O[C@H](CO)[C@@H](O)[C@H]1O. The van der Waals surface area contributed by atoms with Crippen LogP contribution in [-0.4, -0.2) is 52.5 Å². The van der Waals surface area contributed by atoms with Crippen LogP contribution < -0.4 is 5.32 Å². The molecule has 1 aliphatic rings. The van der Waals surface area contributed by atoms with Crippen molar-refractivity contribution in [3.05, 3.63) is 0 Å². The molecule has 0 radical (unpaired) electrons. The summed E-state index contributed by atoms with van der Waals surface area (Å²) in [5, 5.41) is 30.6. The lowest BCUT2D eigenvalue weighted by Crippen LogP contribution is -2.43. The van der Waals surface area contributed by atoms with Crippen molar-refractivity contribution in [1.82, 2.24) is 5.32 Å². The Kier molecular flexibility index (Phi) is 3.63. The van der Waals surface area contributed by atoms with Gasteiger partial charge in [0, 0.05) is 6.04 Å². The van der Waals surface area contributed by atoms with Gasteiger partial charge in [-0.25, -0.2) is 0 Å². The molecule has 0 saturated carbocycles. The van der Waals surface area contributed by atoms with E-state index < -0.39 is 24.5 Å². The Morgan fingerprint density at radius 1 is 1.31 bits per heavy atom. The normalized spacial score (nSPS) is 40.2. The second-order valence-corrected chi connectivity index (χ2v) is 3.58. The first-order chi connectivity index (χ1) is 6.06. The third-order valence-corrected chi connectivity index (χ3v) is 2.04. The average Bonchev–Trinajstić information content (AvgIpc) is 2.32. The van der Waals surface area contributed by atoms with Gasteiger partial charge in [-0.1, -0.05) is 0 Å². The number of ether oxygens (including phenoxy) is 1. The van der Waals surface area contributed by atoms with E-state index in [-0.39, 0.29) is 12.6 Å². The summed E-state index contributed by atoms with van der Waals surface area (Å²) >= 11 is 0. The first-order valence-electron chi connectivity index (χ1n) is 4.44. The molecule has 1 rings (SSSR count). The second kappa shape index (κ2) is 4.34. The fourth-order valence-corrected chi connectivity index (χ4v) is 1.37. The van der Waals surface area contributed by atoms with Gasteiger partial charge in [0.2, 0.25) is 0 Å². The van der Waals surface area contributed by atoms with Gasteiger partial charge in [0.25, 0.3) is 0 Å². The number of rotatable bonds is 3. The Morgan fingerprint density at radius 3 is 2.31 bits per heavy atom. The zero-order valence-electron chi connectivity index (χ0n) is 7.84. The zero-order chi connectivity index (χ0) is 10.0. The molecule has 0 amide bonds. The van der Waals surface area contributed by atoms with Crippen molar-refractivity contribution in [1.29, 1.82) is 0 Å². The highest BCUT2D eigenvalue weighted by molar-refractivity contribution is 4.89. The van der Waals surface area contributed by atoms with Crippen LogP contribution in [0.3, 0.4) is 0 Å². The van der Waals surface area contributed by atoms with E-state index in [1.807, 2.05) is 13.8 Å². The predicted octanol–water partition coefficient (Wildman–Crippen LogP) is -1.58. The van der Waals surface area contributed by atoms with Gasteiger partial charge in [0.1, 0.15) is 24.5 Å². The lowest BCUT2D eigenvalue weighted by Gasteiger charge is -2.18. The maximum Gasteiger partial charge on any atom is 0.137 e. The molecular formula is C8H17NO4. The van der Waals surface area contributed by atoms with E-state index in [1.54, 1.807) is 0 Å². The van der Waals surface area contributed by atoms with Crippen LogP contribution in [-0.2, 0) is 4.74 Å². The number of aliphatic hydroxyl groups excluding tert-OH is 3. The quantitative estimate of drug-likeness (QED) is 0.433. The molecule has 4 N–H and O–H groups in total. The van der Waals surface area contributed by atoms with E-state index in [1.165, 1.54) is 0 Å². The third-order valence-electron chi connectivity index (χ3n) is 2.04. The molecule has 13 heavy (non-hydrogen) atoms. The van der Waals surface area contributed by atoms with Crippen molar-refractivity contribution in [3.63, 3.8) is 0 Å². The molecule has 0 aromatic heterocycles. The highest BCUT2D eigenvalue weighted by Gasteiger charge is 2.42. The highest BCUT2D eigenvalue weighted by Crippen LogP contribution is 2.19. The van der Waals surface area contributed by atoms with Crippen LogP contribution in [0.5, 0.6) is 0 Å². The van der Waals surface area contributed by atoms with Crippen LogP contribution in [0.15, 0.2) is 0 Å².